The zero-order chi connectivity index (χ0) is 14.8. The molecule has 1 aliphatic carbocycles. The second-order valence-corrected chi connectivity index (χ2v) is 5.91. The van der Waals surface area contributed by atoms with E-state index in [1.54, 1.807) is 12.4 Å². The molecule has 4 nitrogen and oxygen atoms in total. The van der Waals surface area contributed by atoms with E-state index in [0.29, 0.717) is 16.9 Å². The van der Waals surface area contributed by atoms with Gasteiger partial charge in [-0.15, -0.1) is 0 Å². The second kappa shape index (κ2) is 6.00. The molecule has 1 aromatic heterocycles. The van der Waals surface area contributed by atoms with E-state index in [9.17, 15) is 0 Å². The topological polar surface area (TPSA) is 47.0 Å². The molecule has 0 radical (unpaired) electrons. The van der Waals surface area contributed by atoms with Crippen molar-refractivity contribution in [2.24, 2.45) is 0 Å². The van der Waals surface area contributed by atoms with E-state index < -0.39 is 0 Å². The summed E-state index contributed by atoms with van der Waals surface area (Å²) < 4.78 is 5.90. The molecule has 110 valence electrons. The maximum Gasteiger partial charge on any atom is 0.238 e. The van der Waals surface area contributed by atoms with Crippen LogP contribution in [0.5, 0.6) is 11.6 Å². The standard InChI is InChI=1S/C16H18ClN3O/c1-10-5-12(17)6-11(2)16(10)21-15-9-18-7-14(20-15)8-19-13-3-4-13/h5-7,9,13,19H,3-4,8H2,1-2H3. The SMILES string of the molecule is Cc1cc(Cl)cc(C)c1Oc1cncc(CNC2CC2)n1. The Bertz CT molecular complexity index is 633. The van der Waals surface area contributed by atoms with Crippen molar-refractivity contribution in [3.63, 3.8) is 0 Å². The highest BCUT2D eigenvalue weighted by atomic mass is 35.5. The van der Waals surface area contributed by atoms with Crippen LogP contribution in [-0.4, -0.2) is 16.0 Å². The summed E-state index contributed by atoms with van der Waals surface area (Å²) in [6, 6.07) is 4.42. The van der Waals surface area contributed by atoms with E-state index in [2.05, 4.69) is 15.3 Å². The van der Waals surface area contributed by atoms with Crippen molar-refractivity contribution in [1.29, 1.82) is 0 Å². The average Bonchev–Trinajstić information content (AvgIpc) is 3.25. The molecule has 0 amide bonds. The van der Waals surface area contributed by atoms with Crippen LogP contribution in [0.15, 0.2) is 24.5 Å². The fraction of sp³-hybridized carbons (Fsp3) is 0.375. The molecule has 1 fully saturated rings. The van der Waals surface area contributed by atoms with Gasteiger partial charge < -0.3 is 10.1 Å². The van der Waals surface area contributed by atoms with Crippen LogP contribution in [0.2, 0.25) is 5.02 Å². The minimum atomic E-state index is 0.513. The van der Waals surface area contributed by atoms with Crippen LogP contribution in [-0.2, 0) is 6.54 Å². The lowest BCUT2D eigenvalue weighted by atomic mass is 10.1. The van der Waals surface area contributed by atoms with Gasteiger partial charge in [0.05, 0.1) is 11.9 Å². The number of ether oxygens (including phenoxy) is 1. The first kappa shape index (κ1) is 14.3. The van der Waals surface area contributed by atoms with Crippen LogP contribution < -0.4 is 10.1 Å². The lowest BCUT2D eigenvalue weighted by Gasteiger charge is -2.12. The summed E-state index contributed by atoms with van der Waals surface area (Å²) >= 11 is 6.04. The zero-order valence-electron chi connectivity index (χ0n) is 12.2. The number of halogens is 1. The van der Waals surface area contributed by atoms with Crippen molar-refractivity contribution < 1.29 is 4.74 Å². The number of aromatic nitrogens is 2. The first-order chi connectivity index (χ1) is 10.1. The number of nitrogens with zero attached hydrogens (tertiary/aromatic N) is 2. The highest BCUT2D eigenvalue weighted by Crippen LogP contribution is 2.30. The van der Waals surface area contributed by atoms with Gasteiger partial charge in [0.2, 0.25) is 5.88 Å². The maximum absolute atomic E-state index is 6.04. The van der Waals surface area contributed by atoms with Gasteiger partial charge in [-0.3, -0.25) is 4.98 Å². The third kappa shape index (κ3) is 3.71. The third-order valence-corrected chi connectivity index (χ3v) is 3.66. The molecule has 2 aromatic rings. The fourth-order valence-corrected chi connectivity index (χ4v) is 2.55. The Morgan fingerprint density at radius 1 is 1.24 bits per heavy atom. The Morgan fingerprint density at radius 2 is 1.95 bits per heavy atom. The van der Waals surface area contributed by atoms with Gasteiger partial charge in [0.15, 0.2) is 0 Å². The van der Waals surface area contributed by atoms with E-state index in [0.717, 1.165) is 29.1 Å². The molecule has 1 heterocycles. The Labute approximate surface area is 129 Å². The highest BCUT2D eigenvalue weighted by Gasteiger charge is 2.20. The van der Waals surface area contributed by atoms with Gasteiger partial charge in [-0.05, 0) is 49.9 Å². The minimum Gasteiger partial charge on any atom is -0.437 e. The van der Waals surface area contributed by atoms with E-state index in [-0.39, 0.29) is 0 Å². The second-order valence-electron chi connectivity index (χ2n) is 5.47. The van der Waals surface area contributed by atoms with Gasteiger partial charge in [-0.25, -0.2) is 4.98 Å². The molecule has 1 aromatic carbocycles. The Hall–Kier alpha value is -1.65. The molecule has 0 bridgehead atoms. The molecule has 21 heavy (non-hydrogen) atoms. The molecule has 1 N–H and O–H groups in total. The largest absolute Gasteiger partial charge is 0.437 e. The summed E-state index contributed by atoms with van der Waals surface area (Å²) in [6.45, 7) is 4.67. The zero-order valence-corrected chi connectivity index (χ0v) is 12.9. The molecule has 3 rings (SSSR count). The van der Waals surface area contributed by atoms with Crippen molar-refractivity contribution in [3.05, 3.63) is 46.4 Å². The quantitative estimate of drug-likeness (QED) is 0.913. The Kier molecular flexibility index (Phi) is 4.08. The average molecular weight is 304 g/mol. The number of aryl methyl sites for hydroxylation is 2. The molecule has 0 spiro atoms. The number of rotatable bonds is 5. The van der Waals surface area contributed by atoms with Gasteiger partial charge >= 0.3 is 0 Å². The lowest BCUT2D eigenvalue weighted by Crippen LogP contribution is -2.16. The fourth-order valence-electron chi connectivity index (χ4n) is 2.22. The molecule has 0 aliphatic heterocycles. The van der Waals surface area contributed by atoms with Gasteiger partial charge in [0.1, 0.15) is 5.75 Å². The van der Waals surface area contributed by atoms with E-state index in [4.69, 9.17) is 16.3 Å². The van der Waals surface area contributed by atoms with Crippen molar-refractivity contribution in [2.75, 3.05) is 0 Å². The minimum absolute atomic E-state index is 0.513. The first-order valence-corrected chi connectivity index (χ1v) is 7.48. The molecule has 0 atom stereocenters. The van der Waals surface area contributed by atoms with Crippen LogP contribution in [0.25, 0.3) is 0 Å². The molecule has 5 heteroatoms. The van der Waals surface area contributed by atoms with Crippen LogP contribution in [0.3, 0.4) is 0 Å². The predicted molar refractivity (Wildman–Crippen MR) is 82.9 cm³/mol. The number of benzene rings is 1. The van der Waals surface area contributed by atoms with Gasteiger partial charge in [0.25, 0.3) is 0 Å². The maximum atomic E-state index is 6.04. The van der Waals surface area contributed by atoms with E-state index >= 15 is 0 Å². The van der Waals surface area contributed by atoms with E-state index in [1.165, 1.54) is 12.8 Å². The van der Waals surface area contributed by atoms with Crippen LogP contribution >= 0.6 is 11.6 Å². The summed E-state index contributed by atoms with van der Waals surface area (Å²) in [4.78, 5) is 8.69. The number of hydrogen-bond donors (Lipinski definition) is 1. The molecule has 0 saturated heterocycles. The predicted octanol–water partition coefficient (Wildman–Crippen LogP) is 3.79. The highest BCUT2D eigenvalue weighted by molar-refractivity contribution is 6.30. The monoisotopic (exact) mass is 303 g/mol. The van der Waals surface area contributed by atoms with Crippen LogP contribution in [0.1, 0.15) is 29.7 Å². The van der Waals surface area contributed by atoms with Crippen molar-refractivity contribution in [3.8, 4) is 11.6 Å². The van der Waals surface area contributed by atoms with Crippen LogP contribution in [0.4, 0.5) is 0 Å². The lowest BCUT2D eigenvalue weighted by molar-refractivity contribution is 0.449. The smallest absolute Gasteiger partial charge is 0.238 e. The number of hydrogen-bond acceptors (Lipinski definition) is 4. The molecule has 0 unspecified atom stereocenters. The summed E-state index contributed by atoms with van der Waals surface area (Å²) in [6.07, 6.45) is 5.91. The molecular formula is C16H18ClN3O. The summed E-state index contributed by atoms with van der Waals surface area (Å²) in [5, 5.41) is 4.13. The third-order valence-electron chi connectivity index (χ3n) is 3.44. The molecule has 1 saturated carbocycles. The summed E-state index contributed by atoms with van der Waals surface area (Å²) in [5.41, 5.74) is 2.87. The normalized spacial score (nSPS) is 14.2. The van der Waals surface area contributed by atoms with Gasteiger partial charge in [-0.1, -0.05) is 11.6 Å². The van der Waals surface area contributed by atoms with Crippen molar-refractivity contribution in [2.45, 2.75) is 39.3 Å². The van der Waals surface area contributed by atoms with E-state index in [1.807, 2.05) is 26.0 Å². The van der Waals surface area contributed by atoms with Crippen LogP contribution in [0, 0.1) is 13.8 Å². The van der Waals surface area contributed by atoms with Gasteiger partial charge in [0, 0.05) is 23.8 Å². The van der Waals surface area contributed by atoms with Crippen molar-refractivity contribution in [1.82, 2.24) is 15.3 Å². The molecular weight excluding hydrogens is 286 g/mol. The van der Waals surface area contributed by atoms with Gasteiger partial charge in [-0.2, -0.15) is 0 Å². The number of nitrogens with one attached hydrogen (secondary N) is 1. The summed E-state index contributed by atoms with van der Waals surface area (Å²) in [5.74, 6) is 1.31. The first-order valence-electron chi connectivity index (χ1n) is 7.11. The Morgan fingerprint density at radius 3 is 2.62 bits per heavy atom. The Balaban J connectivity index is 1.76. The summed E-state index contributed by atoms with van der Waals surface area (Å²) in [7, 11) is 0. The molecule has 1 aliphatic rings. The van der Waals surface area contributed by atoms with Crippen molar-refractivity contribution >= 4 is 11.6 Å².